The second kappa shape index (κ2) is 11.0. The number of anilines is 1. The van der Waals surface area contributed by atoms with Crippen molar-refractivity contribution < 1.29 is 22.7 Å². The average molecular weight is 525 g/mol. The minimum absolute atomic E-state index is 0.112. The SMILES string of the molecule is Cc1cc(C(F)(F)F)cc(OCc2nnc(-c3ccc(NC(=O)c4ccc(CN(C)C)cc4)cc3)n2C)n1. The van der Waals surface area contributed by atoms with E-state index in [-0.39, 0.29) is 24.1 Å². The summed E-state index contributed by atoms with van der Waals surface area (Å²) in [7, 11) is 5.70. The Morgan fingerprint density at radius 2 is 1.71 bits per heavy atom. The van der Waals surface area contributed by atoms with Crippen molar-refractivity contribution in [1.82, 2.24) is 24.6 Å². The Morgan fingerprint density at radius 1 is 1.03 bits per heavy atom. The van der Waals surface area contributed by atoms with Gasteiger partial charge in [0.25, 0.3) is 5.91 Å². The van der Waals surface area contributed by atoms with Crippen LogP contribution < -0.4 is 10.1 Å². The normalized spacial score (nSPS) is 11.6. The maximum Gasteiger partial charge on any atom is 0.416 e. The van der Waals surface area contributed by atoms with Crippen LogP contribution >= 0.6 is 0 Å². The zero-order valence-corrected chi connectivity index (χ0v) is 21.4. The van der Waals surface area contributed by atoms with E-state index >= 15 is 0 Å². The molecule has 0 radical (unpaired) electrons. The van der Waals surface area contributed by atoms with Gasteiger partial charge in [-0.2, -0.15) is 13.2 Å². The van der Waals surface area contributed by atoms with Gasteiger partial charge in [0.05, 0.1) is 5.56 Å². The standard InChI is InChI=1S/C27H27F3N6O2/c1-17-13-21(27(28,29)30)14-24(31-17)38-16-23-33-34-25(36(23)4)19-9-11-22(12-10-19)32-26(37)20-7-5-18(6-8-20)15-35(2)3/h5-14H,15-16H2,1-4H3,(H,32,37). The third kappa shape index (κ3) is 6.54. The van der Waals surface area contributed by atoms with E-state index in [1.54, 1.807) is 48.0 Å². The van der Waals surface area contributed by atoms with Gasteiger partial charge in [0, 0.05) is 42.2 Å². The zero-order chi connectivity index (χ0) is 27.4. The average Bonchev–Trinajstić information content (AvgIpc) is 3.22. The number of alkyl halides is 3. The lowest BCUT2D eigenvalue weighted by Gasteiger charge is -2.11. The van der Waals surface area contributed by atoms with E-state index in [0.29, 0.717) is 22.9 Å². The van der Waals surface area contributed by atoms with Crippen LogP contribution in [0.25, 0.3) is 11.4 Å². The summed E-state index contributed by atoms with van der Waals surface area (Å²) >= 11 is 0. The van der Waals surface area contributed by atoms with Crippen LogP contribution in [0.4, 0.5) is 18.9 Å². The Hall–Kier alpha value is -4.25. The highest BCUT2D eigenvalue weighted by molar-refractivity contribution is 6.04. The lowest BCUT2D eigenvalue weighted by Crippen LogP contribution is -2.13. The van der Waals surface area contributed by atoms with Gasteiger partial charge in [0.2, 0.25) is 5.88 Å². The van der Waals surface area contributed by atoms with Gasteiger partial charge in [-0.05, 0) is 69.0 Å². The van der Waals surface area contributed by atoms with E-state index in [1.807, 2.05) is 26.2 Å². The topological polar surface area (TPSA) is 85.2 Å². The van der Waals surface area contributed by atoms with Gasteiger partial charge >= 0.3 is 6.18 Å². The van der Waals surface area contributed by atoms with E-state index in [4.69, 9.17) is 4.74 Å². The predicted molar refractivity (Wildman–Crippen MR) is 137 cm³/mol. The number of nitrogens with zero attached hydrogens (tertiary/aromatic N) is 5. The molecule has 198 valence electrons. The summed E-state index contributed by atoms with van der Waals surface area (Å²) in [6.07, 6.45) is -4.49. The van der Waals surface area contributed by atoms with Crippen LogP contribution in [-0.4, -0.2) is 44.7 Å². The number of rotatable bonds is 8. The summed E-state index contributed by atoms with van der Waals surface area (Å²) in [5, 5.41) is 11.2. The molecule has 1 amide bonds. The molecule has 2 heterocycles. The molecule has 0 aliphatic carbocycles. The van der Waals surface area contributed by atoms with Crippen LogP contribution in [-0.2, 0) is 26.4 Å². The molecule has 0 saturated carbocycles. The van der Waals surface area contributed by atoms with Crippen molar-refractivity contribution in [3.05, 3.63) is 88.9 Å². The first kappa shape index (κ1) is 26.8. The highest BCUT2D eigenvalue weighted by Crippen LogP contribution is 2.31. The molecule has 0 aliphatic heterocycles. The molecule has 8 nitrogen and oxygen atoms in total. The molecule has 0 spiro atoms. The number of aryl methyl sites for hydroxylation is 1. The van der Waals surface area contributed by atoms with E-state index < -0.39 is 11.7 Å². The van der Waals surface area contributed by atoms with E-state index in [0.717, 1.165) is 29.8 Å². The van der Waals surface area contributed by atoms with E-state index in [2.05, 4.69) is 25.4 Å². The lowest BCUT2D eigenvalue weighted by molar-refractivity contribution is -0.137. The van der Waals surface area contributed by atoms with Gasteiger partial charge in [-0.1, -0.05) is 12.1 Å². The highest BCUT2D eigenvalue weighted by atomic mass is 19.4. The first-order chi connectivity index (χ1) is 18.0. The van der Waals surface area contributed by atoms with Crippen LogP contribution in [0.1, 0.15) is 33.0 Å². The fourth-order valence-electron chi connectivity index (χ4n) is 3.79. The van der Waals surface area contributed by atoms with Gasteiger partial charge in [0.15, 0.2) is 11.6 Å². The number of halogens is 3. The Morgan fingerprint density at radius 3 is 2.34 bits per heavy atom. The minimum atomic E-state index is -4.49. The molecule has 0 bridgehead atoms. The Kier molecular flexibility index (Phi) is 7.77. The van der Waals surface area contributed by atoms with Crippen LogP contribution in [0.3, 0.4) is 0 Å². The molecule has 0 unspecified atom stereocenters. The monoisotopic (exact) mass is 524 g/mol. The number of carbonyl (C=O) groups excluding carboxylic acids is 1. The van der Waals surface area contributed by atoms with Crippen molar-refractivity contribution in [2.24, 2.45) is 7.05 Å². The van der Waals surface area contributed by atoms with Crippen LogP contribution in [0, 0.1) is 6.92 Å². The van der Waals surface area contributed by atoms with E-state index in [1.165, 1.54) is 6.92 Å². The van der Waals surface area contributed by atoms with Crippen molar-refractivity contribution in [2.75, 3.05) is 19.4 Å². The Bertz CT molecular complexity index is 1410. The van der Waals surface area contributed by atoms with Crippen molar-refractivity contribution in [2.45, 2.75) is 26.3 Å². The van der Waals surface area contributed by atoms with Crippen molar-refractivity contribution in [3.8, 4) is 17.3 Å². The van der Waals surface area contributed by atoms with Gasteiger partial charge in [-0.3, -0.25) is 4.79 Å². The summed E-state index contributed by atoms with van der Waals surface area (Å²) in [5.41, 5.74) is 2.40. The van der Waals surface area contributed by atoms with E-state index in [9.17, 15) is 18.0 Å². The number of hydrogen-bond donors (Lipinski definition) is 1. The van der Waals surface area contributed by atoms with Crippen LogP contribution in [0.2, 0.25) is 0 Å². The number of hydrogen-bond acceptors (Lipinski definition) is 6. The molecular weight excluding hydrogens is 497 g/mol. The molecule has 0 atom stereocenters. The summed E-state index contributed by atoms with van der Waals surface area (Å²) in [6, 6.07) is 16.4. The molecular formula is C27H27F3N6O2. The molecule has 2 aromatic heterocycles. The number of pyridine rings is 1. The molecule has 38 heavy (non-hydrogen) atoms. The van der Waals surface area contributed by atoms with Gasteiger partial charge in [0.1, 0.15) is 6.61 Å². The molecule has 11 heteroatoms. The smallest absolute Gasteiger partial charge is 0.416 e. The molecule has 4 rings (SSSR count). The number of amides is 1. The summed E-state index contributed by atoms with van der Waals surface area (Å²) < 4.78 is 46.4. The zero-order valence-electron chi connectivity index (χ0n) is 21.4. The second-order valence-electron chi connectivity index (χ2n) is 9.09. The summed E-state index contributed by atoms with van der Waals surface area (Å²) in [4.78, 5) is 18.7. The fraction of sp³-hybridized carbons (Fsp3) is 0.259. The molecule has 1 N–H and O–H groups in total. The molecule has 0 aliphatic rings. The second-order valence-corrected chi connectivity index (χ2v) is 9.09. The van der Waals surface area contributed by atoms with Crippen molar-refractivity contribution in [3.63, 3.8) is 0 Å². The van der Waals surface area contributed by atoms with Gasteiger partial charge in [-0.15, -0.1) is 10.2 Å². The fourth-order valence-corrected chi connectivity index (χ4v) is 3.79. The predicted octanol–water partition coefficient (Wildman–Crippen LogP) is 5.10. The van der Waals surface area contributed by atoms with Crippen LogP contribution in [0.5, 0.6) is 5.88 Å². The largest absolute Gasteiger partial charge is 0.469 e. The number of ether oxygens (including phenoxy) is 1. The summed E-state index contributed by atoms with van der Waals surface area (Å²) in [6.45, 7) is 2.15. The first-order valence-corrected chi connectivity index (χ1v) is 11.7. The first-order valence-electron chi connectivity index (χ1n) is 11.7. The van der Waals surface area contributed by atoms with Crippen molar-refractivity contribution in [1.29, 1.82) is 0 Å². The highest BCUT2D eigenvalue weighted by Gasteiger charge is 2.31. The number of nitrogens with one attached hydrogen (secondary N) is 1. The molecule has 0 fully saturated rings. The quantitative estimate of drug-likeness (QED) is 0.345. The molecule has 4 aromatic rings. The Labute approximate surface area is 218 Å². The molecule has 2 aromatic carbocycles. The maximum atomic E-state index is 13.1. The molecule has 0 saturated heterocycles. The van der Waals surface area contributed by atoms with Crippen LogP contribution in [0.15, 0.2) is 60.7 Å². The third-order valence-corrected chi connectivity index (χ3v) is 5.69. The maximum absolute atomic E-state index is 13.1. The number of benzene rings is 2. The number of carbonyl (C=O) groups is 1. The third-order valence-electron chi connectivity index (χ3n) is 5.69. The Balaban J connectivity index is 1.40. The van der Waals surface area contributed by atoms with Crippen molar-refractivity contribution >= 4 is 11.6 Å². The minimum Gasteiger partial charge on any atom is -0.469 e. The summed E-state index contributed by atoms with van der Waals surface area (Å²) in [5.74, 6) is 0.582. The van der Waals surface area contributed by atoms with Gasteiger partial charge in [-0.25, -0.2) is 4.98 Å². The lowest BCUT2D eigenvalue weighted by atomic mass is 10.1. The number of aromatic nitrogens is 4. The van der Waals surface area contributed by atoms with Gasteiger partial charge < -0.3 is 19.5 Å².